The van der Waals surface area contributed by atoms with Gasteiger partial charge in [0.25, 0.3) is 0 Å². The molecule has 0 saturated carbocycles. The van der Waals surface area contributed by atoms with Crippen molar-refractivity contribution in [1.29, 1.82) is 0 Å². The van der Waals surface area contributed by atoms with Crippen LogP contribution in [-0.4, -0.2) is 6.04 Å². The first kappa shape index (κ1) is 13.4. The summed E-state index contributed by atoms with van der Waals surface area (Å²) in [4.78, 5) is 0. The van der Waals surface area contributed by atoms with Crippen molar-refractivity contribution in [1.82, 2.24) is 0 Å². The largest absolute Gasteiger partial charge is 0.382 e. The predicted molar refractivity (Wildman–Crippen MR) is 82.4 cm³/mol. The maximum absolute atomic E-state index is 5.96. The quantitative estimate of drug-likeness (QED) is 0.820. The van der Waals surface area contributed by atoms with Crippen molar-refractivity contribution in [3.63, 3.8) is 0 Å². The van der Waals surface area contributed by atoms with Crippen LogP contribution in [0, 0.1) is 0 Å². The molecule has 0 aliphatic carbocycles. The molecule has 2 rings (SSSR count). The van der Waals surface area contributed by atoms with Gasteiger partial charge in [0.05, 0.1) is 0 Å². The second-order valence-electron chi connectivity index (χ2n) is 4.39. The monoisotopic (exact) mass is 323 g/mol. The van der Waals surface area contributed by atoms with Crippen LogP contribution in [0.15, 0.2) is 53.0 Å². The van der Waals surface area contributed by atoms with Crippen molar-refractivity contribution in [3.8, 4) is 0 Å². The molecule has 18 heavy (non-hydrogen) atoms. The SMILES string of the molecule is CC(Cc1ccc(Br)cc1)Nc1cccc(Cl)c1. The number of rotatable bonds is 4. The lowest BCUT2D eigenvalue weighted by Gasteiger charge is -2.15. The minimum absolute atomic E-state index is 0.365. The van der Waals surface area contributed by atoms with Crippen molar-refractivity contribution >= 4 is 33.2 Å². The van der Waals surface area contributed by atoms with Crippen molar-refractivity contribution in [3.05, 3.63) is 63.6 Å². The third kappa shape index (κ3) is 4.04. The molecule has 1 nitrogen and oxygen atoms in total. The third-order valence-electron chi connectivity index (χ3n) is 2.69. The molecule has 2 aromatic carbocycles. The first-order valence-electron chi connectivity index (χ1n) is 5.90. The van der Waals surface area contributed by atoms with E-state index in [1.165, 1.54) is 5.56 Å². The lowest BCUT2D eigenvalue weighted by atomic mass is 10.1. The molecular weight excluding hydrogens is 310 g/mol. The molecule has 1 unspecified atom stereocenters. The van der Waals surface area contributed by atoms with Crippen LogP contribution in [0.25, 0.3) is 0 Å². The van der Waals surface area contributed by atoms with Crippen LogP contribution in [0.1, 0.15) is 12.5 Å². The zero-order chi connectivity index (χ0) is 13.0. The number of hydrogen-bond donors (Lipinski definition) is 1. The Morgan fingerprint density at radius 3 is 2.56 bits per heavy atom. The second-order valence-corrected chi connectivity index (χ2v) is 5.74. The summed E-state index contributed by atoms with van der Waals surface area (Å²) in [6, 6.07) is 16.6. The Morgan fingerprint density at radius 2 is 1.89 bits per heavy atom. The van der Waals surface area contributed by atoms with Gasteiger partial charge in [0.1, 0.15) is 0 Å². The van der Waals surface area contributed by atoms with Crippen molar-refractivity contribution in [2.24, 2.45) is 0 Å². The summed E-state index contributed by atoms with van der Waals surface area (Å²) < 4.78 is 1.11. The highest BCUT2D eigenvalue weighted by Gasteiger charge is 2.04. The van der Waals surface area contributed by atoms with E-state index < -0.39 is 0 Å². The summed E-state index contributed by atoms with van der Waals surface area (Å²) in [7, 11) is 0. The lowest BCUT2D eigenvalue weighted by molar-refractivity contribution is 0.790. The average Bonchev–Trinajstić information content (AvgIpc) is 2.32. The molecule has 0 aliphatic rings. The van der Waals surface area contributed by atoms with E-state index in [1.807, 2.05) is 24.3 Å². The van der Waals surface area contributed by atoms with Crippen LogP contribution in [0.3, 0.4) is 0 Å². The van der Waals surface area contributed by atoms with Crippen molar-refractivity contribution in [2.45, 2.75) is 19.4 Å². The molecule has 0 amide bonds. The first-order chi connectivity index (χ1) is 8.63. The van der Waals surface area contributed by atoms with Gasteiger partial charge in [-0.3, -0.25) is 0 Å². The molecule has 0 spiro atoms. The van der Waals surface area contributed by atoms with Gasteiger partial charge < -0.3 is 5.32 Å². The number of halogens is 2. The van der Waals surface area contributed by atoms with E-state index >= 15 is 0 Å². The zero-order valence-electron chi connectivity index (χ0n) is 10.2. The molecule has 2 aromatic rings. The summed E-state index contributed by atoms with van der Waals surface area (Å²) in [5.74, 6) is 0. The first-order valence-corrected chi connectivity index (χ1v) is 7.07. The van der Waals surface area contributed by atoms with Crippen LogP contribution in [0.4, 0.5) is 5.69 Å². The minimum Gasteiger partial charge on any atom is -0.382 e. The molecule has 1 atom stereocenters. The van der Waals surface area contributed by atoms with Gasteiger partial charge >= 0.3 is 0 Å². The van der Waals surface area contributed by atoms with Crippen LogP contribution < -0.4 is 5.32 Å². The molecule has 3 heteroatoms. The van der Waals surface area contributed by atoms with E-state index in [0.717, 1.165) is 21.6 Å². The topological polar surface area (TPSA) is 12.0 Å². The number of anilines is 1. The van der Waals surface area contributed by atoms with Crippen LogP contribution >= 0.6 is 27.5 Å². The standard InChI is InChI=1S/C15H15BrClN/c1-11(9-12-5-7-13(16)8-6-12)18-15-4-2-3-14(17)10-15/h2-8,10-11,18H,9H2,1H3. The van der Waals surface area contributed by atoms with E-state index in [4.69, 9.17) is 11.6 Å². The Morgan fingerprint density at radius 1 is 1.17 bits per heavy atom. The van der Waals surface area contributed by atoms with E-state index in [1.54, 1.807) is 0 Å². The highest BCUT2D eigenvalue weighted by Crippen LogP contribution is 2.17. The molecule has 0 aromatic heterocycles. The molecule has 0 radical (unpaired) electrons. The van der Waals surface area contributed by atoms with Crippen LogP contribution in [0.2, 0.25) is 5.02 Å². The van der Waals surface area contributed by atoms with Crippen molar-refractivity contribution < 1.29 is 0 Å². The fourth-order valence-electron chi connectivity index (χ4n) is 1.89. The number of nitrogens with one attached hydrogen (secondary N) is 1. The lowest BCUT2D eigenvalue weighted by Crippen LogP contribution is -2.17. The Balaban J connectivity index is 1.96. The second kappa shape index (κ2) is 6.26. The van der Waals surface area contributed by atoms with Gasteiger partial charge in [0.2, 0.25) is 0 Å². The number of hydrogen-bond acceptors (Lipinski definition) is 1. The minimum atomic E-state index is 0.365. The predicted octanol–water partition coefficient (Wildman–Crippen LogP) is 5.15. The average molecular weight is 325 g/mol. The molecule has 0 bridgehead atoms. The van der Waals surface area contributed by atoms with Gasteiger partial charge in [0.15, 0.2) is 0 Å². The molecule has 94 valence electrons. The van der Waals surface area contributed by atoms with Gasteiger partial charge in [-0.15, -0.1) is 0 Å². The number of benzene rings is 2. The molecule has 1 N–H and O–H groups in total. The van der Waals surface area contributed by atoms with Crippen molar-refractivity contribution in [2.75, 3.05) is 5.32 Å². The van der Waals surface area contributed by atoms with Crippen LogP contribution in [0.5, 0.6) is 0 Å². The summed E-state index contributed by atoms with van der Waals surface area (Å²) >= 11 is 9.40. The zero-order valence-corrected chi connectivity index (χ0v) is 12.5. The fourth-order valence-corrected chi connectivity index (χ4v) is 2.34. The Kier molecular flexibility index (Phi) is 4.67. The summed E-state index contributed by atoms with van der Waals surface area (Å²) in [5.41, 5.74) is 2.38. The van der Waals surface area contributed by atoms with Crippen LogP contribution in [-0.2, 0) is 6.42 Å². The van der Waals surface area contributed by atoms with Gasteiger partial charge in [-0.2, -0.15) is 0 Å². The van der Waals surface area contributed by atoms with Gasteiger partial charge in [0, 0.05) is 21.2 Å². The summed E-state index contributed by atoms with van der Waals surface area (Å²) in [5, 5.41) is 4.21. The van der Waals surface area contributed by atoms with E-state index in [0.29, 0.717) is 6.04 Å². The molecular formula is C15H15BrClN. The molecule has 0 heterocycles. The van der Waals surface area contributed by atoms with Gasteiger partial charge in [-0.25, -0.2) is 0 Å². The maximum Gasteiger partial charge on any atom is 0.0426 e. The Hall–Kier alpha value is -0.990. The van der Waals surface area contributed by atoms with Gasteiger partial charge in [-0.05, 0) is 49.2 Å². The Labute approximate surface area is 121 Å². The van der Waals surface area contributed by atoms with E-state index in [-0.39, 0.29) is 0 Å². The van der Waals surface area contributed by atoms with Gasteiger partial charge in [-0.1, -0.05) is 45.7 Å². The smallest absolute Gasteiger partial charge is 0.0426 e. The van der Waals surface area contributed by atoms with E-state index in [9.17, 15) is 0 Å². The maximum atomic E-state index is 5.96. The Bertz CT molecular complexity index is 510. The summed E-state index contributed by atoms with van der Waals surface area (Å²) in [6.07, 6.45) is 0.986. The van der Waals surface area contributed by atoms with E-state index in [2.05, 4.69) is 52.4 Å². The third-order valence-corrected chi connectivity index (χ3v) is 3.46. The highest BCUT2D eigenvalue weighted by atomic mass is 79.9. The summed E-state index contributed by atoms with van der Waals surface area (Å²) in [6.45, 7) is 2.17. The molecule has 0 fully saturated rings. The fraction of sp³-hybridized carbons (Fsp3) is 0.200. The molecule has 0 saturated heterocycles. The highest BCUT2D eigenvalue weighted by molar-refractivity contribution is 9.10. The normalized spacial score (nSPS) is 12.2. The molecule has 0 aliphatic heterocycles.